The fourth-order valence-electron chi connectivity index (χ4n) is 2.70. The highest BCUT2D eigenvalue weighted by atomic mass is 16.3. The second-order valence-electron chi connectivity index (χ2n) is 5.58. The third-order valence-corrected chi connectivity index (χ3v) is 3.98. The van der Waals surface area contributed by atoms with Gasteiger partial charge in [-0.2, -0.15) is 0 Å². The van der Waals surface area contributed by atoms with Crippen molar-refractivity contribution in [1.82, 2.24) is 4.98 Å². The van der Waals surface area contributed by atoms with Crippen LogP contribution in [0.25, 0.3) is 0 Å². The molecule has 0 saturated heterocycles. The highest BCUT2D eigenvalue weighted by molar-refractivity contribution is 5.51. The summed E-state index contributed by atoms with van der Waals surface area (Å²) in [4.78, 5) is 4.29. The van der Waals surface area contributed by atoms with E-state index in [4.69, 9.17) is 0 Å². The number of hydrogen-bond donors (Lipinski definition) is 3. The largest absolute Gasteiger partial charge is 0.396 e. The van der Waals surface area contributed by atoms with Gasteiger partial charge in [0.15, 0.2) is 0 Å². The minimum absolute atomic E-state index is 0.0836. The van der Waals surface area contributed by atoms with Crippen molar-refractivity contribution >= 4 is 11.5 Å². The first-order chi connectivity index (χ1) is 9.28. The summed E-state index contributed by atoms with van der Waals surface area (Å²) < 4.78 is 0. The van der Waals surface area contributed by atoms with Crippen LogP contribution in [0.4, 0.5) is 11.5 Å². The molecule has 1 aliphatic carbocycles. The average molecular weight is 263 g/mol. The van der Waals surface area contributed by atoms with Gasteiger partial charge in [0.05, 0.1) is 6.61 Å². The van der Waals surface area contributed by atoms with Gasteiger partial charge in [0.2, 0.25) is 0 Å². The molecule has 1 fully saturated rings. The molecule has 1 aromatic rings. The van der Waals surface area contributed by atoms with Crippen molar-refractivity contribution in [3.63, 3.8) is 0 Å². The first kappa shape index (κ1) is 14.1. The summed E-state index contributed by atoms with van der Waals surface area (Å²) in [5.41, 5.74) is 1.16. The van der Waals surface area contributed by atoms with Crippen molar-refractivity contribution < 1.29 is 5.11 Å². The Bertz CT molecular complexity index is 389. The number of nitrogens with zero attached hydrogens (tertiary/aromatic N) is 1. The van der Waals surface area contributed by atoms with E-state index in [1.54, 1.807) is 0 Å². The maximum absolute atomic E-state index is 9.60. The van der Waals surface area contributed by atoms with Crippen molar-refractivity contribution in [3.05, 3.63) is 18.3 Å². The summed E-state index contributed by atoms with van der Waals surface area (Å²) in [6.45, 7) is 4.21. The van der Waals surface area contributed by atoms with E-state index in [2.05, 4.69) is 22.5 Å². The Hall–Kier alpha value is -1.29. The Morgan fingerprint density at radius 2 is 2.11 bits per heavy atom. The lowest BCUT2D eigenvalue weighted by atomic mass is 9.87. The van der Waals surface area contributed by atoms with E-state index in [1.807, 2.05) is 18.3 Å². The lowest BCUT2D eigenvalue weighted by Gasteiger charge is -2.27. The van der Waals surface area contributed by atoms with E-state index < -0.39 is 0 Å². The van der Waals surface area contributed by atoms with Gasteiger partial charge in [0, 0.05) is 36.5 Å². The third kappa shape index (κ3) is 3.83. The first-order valence-corrected chi connectivity index (χ1v) is 7.33. The van der Waals surface area contributed by atoms with Crippen LogP contribution in [-0.4, -0.2) is 29.8 Å². The molecule has 1 saturated carbocycles. The Balaban J connectivity index is 1.91. The van der Waals surface area contributed by atoms with Gasteiger partial charge in [-0.3, -0.25) is 0 Å². The van der Waals surface area contributed by atoms with Crippen LogP contribution >= 0.6 is 0 Å². The topological polar surface area (TPSA) is 57.2 Å². The standard InChI is InChI=1S/C15H25N3O/c1-2-8-16-14-10-13(5-9-17-14)18-11-15(12-19)6-3-4-7-15/h5,9-10,19H,2-4,6-8,11-12H2,1H3,(H2,16,17,18). The molecule has 4 nitrogen and oxygen atoms in total. The van der Waals surface area contributed by atoms with Gasteiger partial charge in [-0.15, -0.1) is 0 Å². The van der Waals surface area contributed by atoms with Gasteiger partial charge in [0.25, 0.3) is 0 Å². The van der Waals surface area contributed by atoms with Gasteiger partial charge in [-0.25, -0.2) is 4.98 Å². The fraction of sp³-hybridized carbons (Fsp3) is 0.667. The van der Waals surface area contributed by atoms with Crippen molar-refractivity contribution in [1.29, 1.82) is 0 Å². The molecule has 0 aromatic carbocycles. The lowest BCUT2D eigenvalue weighted by Crippen LogP contribution is -2.30. The molecule has 1 aliphatic rings. The first-order valence-electron chi connectivity index (χ1n) is 7.33. The van der Waals surface area contributed by atoms with Crippen molar-refractivity contribution in [2.45, 2.75) is 39.0 Å². The molecule has 4 heteroatoms. The molecule has 1 heterocycles. The zero-order valence-corrected chi connectivity index (χ0v) is 11.8. The zero-order valence-electron chi connectivity index (χ0n) is 11.8. The van der Waals surface area contributed by atoms with Crippen LogP contribution in [0.5, 0.6) is 0 Å². The van der Waals surface area contributed by atoms with E-state index in [-0.39, 0.29) is 12.0 Å². The molecule has 0 unspecified atom stereocenters. The summed E-state index contributed by atoms with van der Waals surface area (Å²) in [6, 6.07) is 4.02. The van der Waals surface area contributed by atoms with Crippen LogP contribution in [0.15, 0.2) is 18.3 Å². The monoisotopic (exact) mass is 263 g/mol. The van der Waals surface area contributed by atoms with E-state index in [0.717, 1.165) is 43.9 Å². The van der Waals surface area contributed by atoms with Gasteiger partial charge in [-0.05, 0) is 25.3 Å². The lowest BCUT2D eigenvalue weighted by molar-refractivity contribution is 0.142. The molecule has 0 bridgehead atoms. The second kappa shape index (κ2) is 6.75. The summed E-state index contributed by atoms with van der Waals surface area (Å²) in [5, 5.41) is 16.3. The number of hydrogen-bond acceptors (Lipinski definition) is 4. The number of aromatic nitrogens is 1. The summed E-state index contributed by atoms with van der Waals surface area (Å²) in [7, 11) is 0. The molecule has 19 heavy (non-hydrogen) atoms. The Kier molecular flexibility index (Phi) is 5.02. The molecule has 2 rings (SSSR count). The van der Waals surface area contributed by atoms with Crippen molar-refractivity contribution in [3.8, 4) is 0 Å². The molecule has 0 radical (unpaired) electrons. The normalized spacial score (nSPS) is 17.4. The minimum Gasteiger partial charge on any atom is -0.396 e. The predicted molar refractivity (Wildman–Crippen MR) is 79.5 cm³/mol. The summed E-state index contributed by atoms with van der Waals surface area (Å²) in [5.74, 6) is 0.913. The predicted octanol–water partition coefficient (Wildman–Crippen LogP) is 2.87. The zero-order chi connectivity index (χ0) is 13.6. The smallest absolute Gasteiger partial charge is 0.127 e. The van der Waals surface area contributed by atoms with Gasteiger partial charge < -0.3 is 15.7 Å². The maximum atomic E-state index is 9.60. The van der Waals surface area contributed by atoms with Crippen LogP contribution in [0.3, 0.4) is 0 Å². The van der Waals surface area contributed by atoms with E-state index in [0.29, 0.717) is 0 Å². The number of rotatable bonds is 7. The Labute approximate surface area is 115 Å². The SMILES string of the molecule is CCCNc1cc(NCC2(CO)CCCC2)ccn1. The Morgan fingerprint density at radius 1 is 1.32 bits per heavy atom. The maximum Gasteiger partial charge on any atom is 0.127 e. The van der Waals surface area contributed by atoms with Crippen LogP contribution in [0, 0.1) is 5.41 Å². The molecule has 0 spiro atoms. The number of aliphatic hydroxyl groups excluding tert-OH is 1. The molecular formula is C15H25N3O. The van der Waals surface area contributed by atoms with Crippen LogP contribution in [0.2, 0.25) is 0 Å². The van der Waals surface area contributed by atoms with Gasteiger partial charge in [-0.1, -0.05) is 19.8 Å². The fourth-order valence-corrected chi connectivity index (χ4v) is 2.70. The summed E-state index contributed by atoms with van der Waals surface area (Å²) >= 11 is 0. The molecule has 0 atom stereocenters. The molecule has 106 valence electrons. The number of anilines is 2. The molecule has 3 N–H and O–H groups in total. The van der Waals surface area contributed by atoms with E-state index in [9.17, 15) is 5.11 Å². The highest BCUT2D eigenvalue weighted by Crippen LogP contribution is 2.37. The number of pyridine rings is 1. The Morgan fingerprint density at radius 3 is 2.79 bits per heavy atom. The van der Waals surface area contributed by atoms with Gasteiger partial charge >= 0.3 is 0 Å². The second-order valence-corrected chi connectivity index (χ2v) is 5.58. The van der Waals surface area contributed by atoms with Crippen LogP contribution in [-0.2, 0) is 0 Å². The number of nitrogens with one attached hydrogen (secondary N) is 2. The van der Waals surface area contributed by atoms with Crippen LogP contribution < -0.4 is 10.6 Å². The van der Waals surface area contributed by atoms with Gasteiger partial charge in [0.1, 0.15) is 5.82 Å². The third-order valence-electron chi connectivity index (χ3n) is 3.98. The molecular weight excluding hydrogens is 238 g/mol. The summed E-state index contributed by atoms with van der Waals surface area (Å²) in [6.07, 6.45) is 7.64. The quantitative estimate of drug-likeness (QED) is 0.708. The molecule has 0 aliphatic heterocycles. The highest BCUT2D eigenvalue weighted by Gasteiger charge is 2.32. The number of aliphatic hydroxyl groups is 1. The molecule has 0 amide bonds. The van der Waals surface area contributed by atoms with Crippen molar-refractivity contribution in [2.75, 3.05) is 30.3 Å². The van der Waals surface area contributed by atoms with Crippen LogP contribution in [0.1, 0.15) is 39.0 Å². The average Bonchev–Trinajstić information content (AvgIpc) is 2.93. The van der Waals surface area contributed by atoms with E-state index in [1.165, 1.54) is 12.8 Å². The minimum atomic E-state index is 0.0836. The van der Waals surface area contributed by atoms with Crippen molar-refractivity contribution in [2.24, 2.45) is 5.41 Å². The molecule has 1 aromatic heterocycles. The van der Waals surface area contributed by atoms with E-state index >= 15 is 0 Å².